The number of nitrogens with zero attached hydrogens (tertiary/aromatic N) is 1. The fourth-order valence-corrected chi connectivity index (χ4v) is 2.53. The van der Waals surface area contributed by atoms with Crippen LogP contribution in [-0.4, -0.2) is 23.0 Å². The molecule has 21 heavy (non-hydrogen) atoms. The van der Waals surface area contributed by atoms with Gasteiger partial charge in [0.05, 0.1) is 24.0 Å². The lowest BCUT2D eigenvalue weighted by Crippen LogP contribution is -2.10. The Bertz CT molecular complexity index is 722. The van der Waals surface area contributed by atoms with Crippen molar-refractivity contribution in [2.75, 3.05) is 6.61 Å². The summed E-state index contributed by atoms with van der Waals surface area (Å²) >= 11 is 0. The van der Waals surface area contributed by atoms with Crippen LogP contribution in [0, 0.1) is 0 Å². The second kappa shape index (κ2) is 6.22. The van der Waals surface area contributed by atoms with Crippen molar-refractivity contribution in [3.05, 3.63) is 66.0 Å². The number of carbonyl (C=O) groups is 1. The first-order valence-electron chi connectivity index (χ1n) is 6.89. The normalized spacial score (nSPS) is 12.2. The van der Waals surface area contributed by atoms with Crippen molar-refractivity contribution in [2.24, 2.45) is 0 Å². The van der Waals surface area contributed by atoms with Gasteiger partial charge in [0.15, 0.2) is 0 Å². The van der Waals surface area contributed by atoms with E-state index in [1.807, 2.05) is 30.3 Å². The number of benzene rings is 2. The van der Waals surface area contributed by atoms with Crippen LogP contribution in [0.15, 0.2) is 54.9 Å². The van der Waals surface area contributed by atoms with Crippen LogP contribution in [0.25, 0.3) is 11.0 Å². The van der Waals surface area contributed by atoms with Gasteiger partial charge in [-0.15, -0.1) is 0 Å². The summed E-state index contributed by atoms with van der Waals surface area (Å²) in [5, 5.41) is 0. The van der Waals surface area contributed by atoms with Gasteiger partial charge in [-0.25, -0.2) is 4.98 Å². The molecule has 1 unspecified atom stereocenters. The monoisotopic (exact) mass is 280 g/mol. The second-order valence-corrected chi connectivity index (χ2v) is 5.00. The predicted octanol–water partition coefficient (Wildman–Crippen LogP) is 3.06. The van der Waals surface area contributed by atoms with E-state index in [9.17, 15) is 4.79 Å². The van der Waals surface area contributed by atoms with E-state index in [1.54, 1.807) is 6.33 Å². The zero-order valence-electron chi connectivity index (χ0n) is 11.5. The molecule has 0 amide bonds. The molecule has 0 fully saturated rings. The third-order valence-electron chi connectivity index (χ3n) is 3.61. The Morgan fingerprint density at radius 3 is 2.86 bits per heavy atom. The largest absolute Gasteiger partial charge is 0.467 e. The van der Waals surface area contributed by atoms with Crippen molar-refractivity contribution >= 4 is 17.5 Å². The summed E-state index contributed by atoms with van der Waals surface area (Å²) in [6, 6.07) is 16.3. The topological polar surface area (TPSA) is 55.0 Å². The fourth-order valence-electron chi connectivity index (χ4n) is 2.53. The summed E-state index contributed by atoms with van der Waals surface area (Å²) in [7, 11) is 0. The molecule has 1 atom stereocenters. The molecule has 4 heteroatoms. The van der Waals surface area contributed by atoms with Crippen LogP contribution in [-0.2, 0) is 16.0 Å². The van der Waals surface area contributed by atoms with E-state index in [0.717, 1.165) is 23.0 Å². The molecule has 1 heterocycles. The molecule has 4 nitrogen and oxygen atoms in total. The first kappa shape index (κ1) is 13.4. The quantitative estimate of drug-likeness (QED) is 0.706. The van der Waals surface area contributed by atoms with Crippen molar-refractivity contribution < 1.29 is 9.53 Å². The number of imidazole rings is 1. The molecular weight excluding hydrogens is 264 g/mol. The molecule has 3 rings (SSSR count). The van der Waals surface area contributed by atoms with Gasteiger partial charge in [-0.05, 0) is 29.7 Å². The lowest BCUT2D eigenvalue weighted by Gasteiger charge is -2.16. The number of hydrogen-bond acceptors (Lipinski definition) is 3. The van der Waals surface area contributed by atoms with Gasteiger partial charge in [-0.1, -0.05) is 36.4 Å². The lowest BCUT2D eigenvalue weighted by molar-refractivity contribution is -0.129. The number of ether oxygens (including phenoxy) is 1. The molecule has 0 aliphatic heterocycles. The molecule has 0 radical (unpaired) electrons. The van der Waals surface area contributed by atoms with Gasteiger partial charge >= 0.3 is 0 Å². The molecular formula is C17H16N2O2. The number of rotatable bonds is 6. The van der Waals surface area contributed by atoms with E-state index in [4.69, 9.17) is 4.74 Å². The van der Waals surface area contributed by atoms with Crippen LogP contribution in [0.1, 0.15) is 17.0 Å². The maximum atomic E-state index is 10.5. The molecule has 0 aliphatic rings. The molecule has 1 N–H and O–H groups in total. The third-order valence-corrected chi connectivity index (χ3v) is 3.61. The van der Waals surface area contributed by atoms with Gasteiger partial charge < -0.3 is 9.72 Å². The average Bonchev–Trinajstić information content (AvgIpc) is 3.00. The highest BCUT2D eigenvalue weighted by Crippen LogP contribution is 2.24. The zero-order chi connectivity index (χ0) is 14.5. The summed E-state index contributed by atoms with van der Waals surface area (Å²) in [5.41, 5.74) is 4.30. The number of nitrogens with one attached hydrogen (secondary N) is 1. The van der Waals surface area contributed by atoms with Crippen molar-refractivity contribution in [1.82, 2.24) is 9.97 Å². The minimum Gasteiger partial charge on any atom is -0.467 e. The SMILES string of the molecule is O=COCC(Cc1ccccc1)c1ccc2nc[nH]c2c1. The van der Waals surface area contributed by atoms with Crippen LogP contribution in [0.3, 0.4) is 0 Å². The van der Waals surface area contributed by atoms with E-state index < -0.39 is 0 Å². The Hall–Kier alpha value is -2.62. The van der Waals surface area contributed by atoms with Gasteiger partial charge in [0.2, 0.25) is 0 Å². The molecule has 1 aromatic heterocycles. The molecule has 106 valence electrons. The lowest BCUT2D eigenvalue weighted by atomic mass is 9.92. The van der Waals surface area contributed by atoms with E-state index in [0.29, 0.717) is 13.1 Å². The summed E-state index contributed by atoms with van der Waals surface area (Å²) < 4.78 is 5.01. The van der Waals surface area contributed by atoms with Crippen LogP contribution < -0.4 is 0 Å². The van der Waals surface area contributed by atoms with Crippen LogP contribution >= 0.6 is 0 Å². The predicted molar refractivity (Wildman–Crippen MR) is 81.0 cm³/mol. The summed E-state index contributed by atoms with van der Waals surface area (Å²) in [4.78, 5) is 17.9. The van der Waals surface area contributed by atoms with Crippen LogP contribution in [0.2, 0.25) is 0 Å². The smallest absolute Gasteiger partial charge is 0.293 e. The molecule has 0 saturated carbocycles. The summed E-state index contributed by atoms with van der Waals surface area (Å²) in [6.07, 6.45) is 2.51. The van der Waals surface area contributed by atoms with E-state index >= 15 is 0 Å². The Morgan fingerprint density at radius 2 is 2.05 bits per heavy atom. The number of aromatic nitrogens is 2. The van der Waals surface area contributed by atoms with Crippen LogP contribution in [0.4, 0.5) is 0 Å². The van der Waals surface area contributed by atoms with Gasteiger partial charge in [-0.3, -0.25) is 4.79 Å². The number of H-pyrrole nitrogens is 1. The highest BCUT2D eigenvalue weighted by molar-refractivity contribution is 5.75. The van der Waals surface area contributed by atoms with Gasteiger partial charge in [-0.2, -0.15) is 0 Å². The molecule has 3 aromatic rings. The van der Waals surface area contributed by atoms with E-state index in [1.165, 1.54) is 5.56 Å². The first-order chi connectivity index (χ1) is 10.4. The fraction of sp³-hybridized carbons (Fsp3) is 0.176. The Balaban J connectivity index is 1.88. The van der Waals surface area contributed by atoms with E-state index in [2.05, 4.69) is 28.2 Å². The minimum absolute atomic E-state index is 0.130. The number of carbonyl (C=O) groups excluding carboxylic acids is 1. The highest BCUT2D eigenvalue weighted by atomic mass is 16.5. The first-order valence-corrected chi connectivity index (χ1v) is 6.89. The Kier molecular flexibility index (Phi) is 3.96. The highest BCUT2D eigenvalue weighted by Gasteiger charge is 2.14. The number of hydrogen-bond donors (Lipinski definition) is 1. The Morgan fingerprint density at radius 1 is 1.19 bits per heavy atom. The van der Waals surface area contributed by atoms with Crippen LogP contribution in [0.5, 0.6) is 0 Å². The van der Waals surface area contributed by atoms with Crippen molar-refractivity contribution in [1.29, 1.82) is 0 Å². The maximum absolute atomic E-state index is 10.5. The van der Waals surface area contributed by atoms with Gasteiger partial charge in [0.25, 0.3) is 6.47 Å². The van der Waals surface area contributed by atoms with Gasteiger partial charge in [0, 0.05) is 5.92 Å². The second-order valence-electron chi connectivity index (χ2n) is 5.00. The standard InChI is InChI=1S/C17H16N2O2/c20-12-21-10-15(8-13-4-2-1-3-5-13)14-6-7-16-17(9-14)19-11-18-16/h1-7,9,11-12,15H,8,10H2,(H,18,19). The van der Waals surface area contributed by atoms with E-state index in [-0.39, 0.29) is 5.92 Å². The molecule has 0 bridgehead atoms. The maximum Gasteiger partial charge on any atom is 0.293 e. The summed E-state index contributed by atoms with van der Waals surface area (Å²) in [5.74, 6) is 0.130. The number of aromatic amines is 1. The molecule has 2 aromatic carbocycles. The third kappa shape index (κ3) is 3.11. The zero-order valence-corrected chi connectivity index (χ0v) is 11.5. The van der Waals surface area contributed by atoms with Crippen molar-refractivity contribution in [3.63, 3.8) is 0 Å². The minimum atomic E-state index is 0.130. The molecule has 0 aliphatic carbocycles. The average molecular weight is 280 g/mol. The molecule has 0 spiro atoms. The van der Waals surface area contributed by atoms with Crippen molar-refractivity contribution in [3.8, 4) is 0 Å². The Labute approximate surface area is 122 Å². The number of fused-ring (bicyclic) bond motifs is 1. The van der Waals surface area contributed by atoms with Gasteiger partial charge in [0.1, 0.15) is 0 Å². The summed E-state index contributed by atoms with van der Waals surface area (Å²) in [6.45, 7) is 0.880. The van der Waals surface area contributed by atoms with Crippen molar-refractivity contribution in [2.45, 2.75) is 12.3 Å². The molecule has 0 saturated heterocycles.